The third-order valence-electron chi connectivity index (χ3n) is 2.05. The smallest absolute Gasteiger partial charge is 0.133 e. The number of hydrogen-bond acceptors (Lipinski definition) is 0. The zero-order valence-corrected chi connectivity index (χ0v) is 9.23. The van der Waals surface area contributed by atoms with Crippen LogP contribution in [0.2, 0.25) is 0 Å². The summed E-state index contributed by atoms with van der Waals surface area (Å²) in [5.41, 5.74) is 2.44. The number of benzene rings is 1. The van der Waals surface area contributed by atoms with Crippen LogP contribution in [0.4, 0.5) is 4.39 Å². The van der Waals surface area contributed by atoms with Gasteiger partial charge in [0.15, 0.2) is 0 Å². The molecule has 0 aliphatic rings. The maximum Gasteiger partial charge on any atom is 0.133 e. The summed E-state index contributed by atoms with van der Waals surface area (Å²) in [4.78, 5) is 3.10. The molecule has 1 heterocycles. The Morgan fingerprint density at radius 2 is 2.00 bits per heavy atom. The first kappa shape index (κ1) is 9.46. The molecule has 0 unspecified atom stereocenters. The van der Waals surface area contributed by atoms with E-state index in [9.17, 15) is 4.39 Å². The van der Waals surface area contributed by atoms with Crippen LogP contribution >= 0.6 is 15.9 Å². The monoisotopic (exact) mass is 253 g/mol. The Morgan fingerprint density at radius 1 is 1.21 bits per heavy atom. The van der Waals surface area contributed by atoms with Crippen LogP contribution in [0.3, 0.4) is 0 Å². The highest BCUT2D eigenvalue weighted by atomic mass is 79.9. The quantitative estimate of drug-likeness (QED) is 0.794. The van der Waals surface area contributed by atoms with Crippen molar-refractivity contribution >= 4 is 15.9 Å². The summed E-state index contributed by atoms with van der Waals surface area (Å²) in [5.74, 6) is -0.221. The third-order valence-corrected chi connectivity index (χ3v) is 2.55. The molecule has 0 aliphatic heterocycles. The number of nitrogens with one attached hydrogen (secondary N) is 1. The van der Waals surface area contributed by atoms with E-state index in [4.69, 9.17) is 0 Å². The van der Waals surface area contributed by atoms with Gasteiger partial charge in [-0.2, -0.15) is 0 Å². The van der Waals surface area contributed by atoms with E-state index in [-0.39, 0.29) is 5.82 Å². The van der Waals surface area contributed by atoms with E-state index in [0.717, 1.165) is 15.9 Å². The lowest BCUT2D eigenvalue weighted by molar-refractivity contribution is 0.630. The van der Waals surface area contributed by atoms with Crippen LogP contribution in [0.1, 0.15) is 5.69 Å². The molecule has 0 radical (unpaired) electrons. The number of rotatable bonds is 1. The maximum atomic E-state index is 13.5. The highest BCUT2D eigenvalue weighted by Crippen LogP contribution is 2.24. The van der Waals surface area contributed by atoms with Gasteiger partial charge < -0.3 is 4.98 Å². The highest BCUT2D eigenvalue weighted by Gasteiger charge is 2.06. The molecule has 72 valence electrons. The van der Waals surface area contributed by atoms with E-state index < -0.39 is 0 Å². The van der Waals surface area contributed by atoms with Crippen molar-refractivity contribution in [2.24, 2.45) is 0 Å². The van der Waals surface area contributed by atoms with E-state index in [2.05, 4.69) is 20.9 Å². The molecule has 14 heavy (non-hydrogen) atoms. The van der Waals surface area contributed by atoms with Crippen molar-refractivity contribution in [1.82, 2.24) is 4.98 Å². The van der Waals surface area contributed by atoms with Crippen molar-refractivity contribution in [2.45, 2.75) is 6.92 Å². The van der Waals surface area contributed by atoms with Gasteiger partial charge in [0.1, 0.15) is 5.82 Å². The molecule has 1 aromatic carbocycles. The summed E-state index contributed by atoms with van der Waals surface area (Å²) in [6.45, 7) is 1.94. The number of halogens is 2. The van der Waals surface area contributed by atoms with Gasteiger partial charge in [-0.3, -0.25) is 0 Å². The number of hydrogen-bond donors (Lipinski definition) is 1. The normalized spacial score (nSPS) is 10.5. The minimum Gasteiger partial charge on any atom is -0.359 e. The predicted octanol–water partition coefficient (Wildman–Crippen LogP) is 3.89. The van der Waals surface area contributed by atoms with Crippen molar-refractivity contribution in [3.8, 4) is 11.3 Å². The fraction of sp³-hybridized carbons (Fsp3) is 0.0909. The van der Waals surface area contributed by atoms with Gasteiger partial charge in [-0.15, -0.1) is 0 Å². The van der Waals surface area contributed by atoms with Crippen molar-refractivity contribution in [2.75, 3.05) is 0 Å². The van der Waals surface area contributed by atoms with Gasteiger partial charge in [0.2, 0.25) is 0 Å². The largest absolute Gasteiger partial charge is 0.359 e. The third kappa shape index (κ3) is 1.73. The molecule has 2 aromatic rings. The lowest BCUT2D eigenvalue weighted by atomic mass is 10.1. The Kier molecular flexibility index (Phi) is 2.42. The molecule has 0 aliphatic carbocycles. The Morgan fingerprint density at radius 3 is 2.57 bits per heavy atom. The van der Waals surface area contributed by atoms with Crippen LogP contribution in [-0.2, 0) is 0 Å². The van der Waals surface area contributed by atoms with E-state index in [1.807, 2.05) is 25.1 Å². The molecule has 0 saturated carbocycles. The summed E-state index contributed by atoms with van der Waals surface area (Å²) in [6.07, 6.45) is 0. The molecule has 0 bridgehead atoms. The van der Waals surface area contributed by atoms with E-state index >= 15 is 0 Å². The predicted molar refractivity (Wildman–Crippen MR) is 58.6 cm³/mol. The van der Waals surface area contributed by atoms with Crippen LogP contribution in [0.15, 0.2) is 34.8 Å². The lowest BCUT2D eigenvalue weighted by Gasteiger charge is -2.00. The summed E-state index contributed by atoms with van der Waals surface area (Å²) < 4.78 is 14.2. The van der Waals surface area contributed by atoms with Gasteiger partial charge in [0.25, 0.3) is 0 Å². The van der Waals surface area contributed by atoms with Crippen molar-refractivity contribution in [3.05, 3.63) is 46.3 Å². The van der Waals surface area contributed by atoms with E-state index in [0.29, 0.717) is 5.56 Å². The highest BCUT2D eigenvalue weighted by molar-refractivity contribution is 9.10. The molecular weight excluding hydrogens is 245 g/mol. The number of H-pyrrole nitrogens is 1. The molecule has 1 aromatic heterocycles. The second kappa shape index (κ2) is 3.58. The Hall–Kier alpha value is -1.09. The van der Waals surface area contributed by atoms with Gasteiger partial charge in [0.05, 0.1) is 0 Å². The van der Waals surface area contributed by atoms with Crippen LogP contribution in [0, 0.1) is 12.7 Å². The first-order chi connectivity index (χ1) is 6.66. The van der Waals surface area contributed by atoms with Gasteiger partial charge in [-0.05, 0) is 37.3 Å². The average molecular weight is 254 g/mol. The Labute approximate surface area is 90.1 Å². The standard InChI is InChI=1S/C11H9BrFN/c1-7-2-5-11(14-7)9-4-3-8(12)6-10(9)13/h2-6,14H,1H3. The first-order valence-corrected chi connectivity index (χ1v) is 5.07. The molecule has 1 N–H and O–H groups in total. The molecule has 1 nitrogen and oxygen atoms in total. The maximum absolute atomic E-state index is 13.5. The van der Waals surface area contributed by atoms with Crippen LogP contribution in [-0.4, -0.2) is 4.98 Å². The second-order valence-electron chi connectivity index (χ2n) is 3.18. The Bertz CT molecular complexity index is 462. The minimum absolute atomic E-state index is 0.221. The minimum atomic E-state index is -0.221. The number of aryl methyl sites for hydroxylation is 1. The summed E-state index contributed by atoms with van der Waals surface area (Å²) >= 11 is 3.22. The zero-order chi connectivity index (χ0) is 10.1. The van der Waals surface area contributed by atoms with Crippen LogP contribution < -0.4 is 0 Å². The van der Waals surface area contributed by atoms with Crippen molar-refractivity contribution in [3.63, 3.8) is 0 Å². The molecular formula is C11H9BrFN. The molecule has 2 rings (SSSR count). The molecule has 0 spiro atoms. The lowest BCUT2D eigenvalue weighted by Crippen LogP contribution is -1.84. The van der Waals surface area contributed by atoms with Crippen molar-refractivity contribution < 1.29 is 4.39 Å². The number of aromatic nitrogens is 1. The van der Waals surface area contributed by atoms with E-state index in [1.165, 1.54) is 6.07 Å². The molecule has 3 heteroatoms. The summed E-state index contributed by atoms with van der Waals surface area (Å²) in [6, 6.07) is 8.85. The zero-order valence-electron chi connectivity index (χ0n) is 7.64. The molecule has 0 amide bonds. The SMILES string of the molecule is Cc1ccc(-c2ccc(Br)cc2F)[nH]1. The topological polar surface area (TPSA) is 15.8 Å². The fourth-order valence-corrected chi connectivity index (χ4v) is 1.70. The van der Waals surface area contributed by atoms with Gasteiger partial charge >= 0.3 is 0 Å². The van der Waals surface area contributed by atoms with Gasteiger partial charge in [0, 0.05) is 21.4 Å². The van der Waals surface area contributed by atoms with Crippen molar-refractivity contribution in [1.29, 1.82) is 0 Å². The van der Waals surface area contributed by atoms with Crippen LogP contribution in [0.25, 0.3) is 11.3 Å². The Balaban J connectivity index is 2.52. The summed E-state index contributed by atoms with van der Waals surface area (Å²) in [5, 5.41) is 0. The average Bonchev–Trinajstić information content (AvgIpc) is 2.51. The molecule has 0 atom stereocenters. The summed E-state index contributed by atoms with van der Waals surface area (Å²) in [7, 11) is 0. The second-order valence-corrected chi connectivity index (χ2v) is 4.09. The first-order valence-electron chi connectivity index (χ1n) is 4.28. The van der Waals surface area contributed by atoms with Gasteiger partial charge in [-0.25, -0.2) is 4.39 Å². The number of aromatic amines is 1. The molecule has 0 saturated heterocycles. The van der Waals surface area contributed by atoms with Gasteiger partial charge in [-0.1, -0.05) is 15.9 Å². The van der Waals surface area contributed by atoms with E-state index in [1.54, 1.807) is 6.07 Å². The van der Waals surface area contributed by atoms with Crippen LogP contribution in [0.5, 0.6) is 0 Å². The molecule has 0 fully saturated rings. The fourth-order valence-electron chi connectivity index (χ4n) is 1.37.